The molecule has 2 unspecified atom stereocenters. The van der Waals surface area contributed by atoms with E-state index in [2.05, 4.69) is 22.5 Å². The predicted molar refractivity (Wildman–Crippen MR) is 86.2 cm³/mol. The molecular weight excluding hydrogens is 270 g/mol. The molecule has 5 heteroatoms. The number of amides is 1. The quantitative estimate of drug-likeness (QED) is 0.776. The summed E-state index contributed by atoms with van der Waals surface area (Å²) in [4.78, 5) is 14.5. The summed E-state index contributed by atoms with van der Waals surface area (Å²) in [6, 6.07) is 0.367. The lowest BCUT2D eigenvalue weighted by Crippen LogP contribution is -2.43. The van der Waals surface area contributed by atoms with Crippen LogP contribution in [0.5, 0.6) is 0 Å². The van der Waals surface area contributed by atoms with Gasteiger partial charge in [-0.25, -0.2) is 0 Å². The van der Waals surface area contributed by atoms with E-state index in [4.69, 9.17) is 0 Å². The van der Waals surface area contributed by atoms with Crippen LogP contribution in [-0.2, 0) is 4.79 Å². The summed E-state index contributed by atoms with van der Waals surface area (Å²) in [6.45, 7) is 7.69. The molecule has 20 heavy (non-hydrogen) atoms. The van der Waals surface area contributed by atoms with Crippen LogP contribution in [-0.4, -0.2) is 61.1 Å². The van der Waals surface area contributed by atoms with Crippen LogP contribution in [0.2, 0.25) is 0 Å². The highest BCUT2D eigenvalue weighted by atomic mass is 32.2. The maximum absolute atomic E-state index is 11.9. The number of rotatable bonds is 6. The number of likely N-dealkylation sites (tertiary alicyclic amines) is 1. The van der Waals surface area contributed by atoms with Crippen LogP contribution in [0.25, 0.3) is 0 Å². The maximum atomic E-state index is 11.9. The van der Waals surface area contributed by atoms with Crippen LogP contribution in [0.15, 0.2) is 0 Å². The number of nitrogens with one attached hydrogen (secondary N) is 2. The Morgan fingerprint density at radius 3 is 2.90 bits per heavy atom. The first-order valence-electron chi connectivity index (χ1n) is 8.04. The van der Waals surface area contributed by atoms with E-state index in [0.29, 0.717) is 18.4 Å². The summed E-state index contributed by atoms with van der Waals surface area (Å²) in [6.07, 6.45) is 4.69. The van der Waals surface area contributed by atoms with Gasteiger partial charge in [0.25, 0.3) is 0 Å². The zero-order valence-electron chi connectivity index (χ0n) is 12.7. The number of carbonyl (C=O) groups is 1. The van der Waals surface area contributed by atoms with E-state index < -0.39 is 0 Å². The van der Waals surface area contributed by atoms with Gasteiger partial charge < -0.3 is 15.5 Å². The Bertz CT molecular complexity index is 289. The Balaban J connectivity index is 1.57. The molecule has 2 rings (SSSR count). The zero-order chi connectivity index (χ0) is 14.2. The highest BCUT2D eigenvalue weighted by molar-refractivity contribution is 7.99. The molecule has 0 aromatic rings. The van der Waals surface area contributed by atoms with Gasteiger partial charge in [0, 0.05) is 43.6 Å². The first-order chi connectivity index (χ1) is 9.74. The molecule has 0 bridgehead atoms. The fourth-order valence-corrected chi connectivity index (χ4v) is 3.93. The van der Waals surface area contributed by atoms with Gasteiger partial charge in [-0.15, -0.1) is 0 Å². The Kier molecular flexibility index (Phi) is 7.17. The molecule has 2 aliphatic heterocycles. The van der Waals surface area contributed by atoms with Crippen molar-refractivity contribution >= 4 is 17.7 Å². The summed E-state index contributed by atoms with van der Waals surface area (Å²) >= 11 is 1.94. The number of thioether (sulfide) groups is 1. The van der Waals surface area contributed by atoms with Crippen LogP contribution in [0, 0.1) is 5.92 Å². The summed E-state index contributed by atoms with van der Waals surface area (Å²) in [7, 11) is 0. The van der Waals surface area contributed by atoms with Crippen molar-refractivity contribution in [2.75, 3.05) is 44.2 Å². The summed E-state index contributed by atoms with van der Waals surface area (Å²) in [5, 5.41) is 6.52. The Morgan fingerprint density at radius 2 is 2.20 bits per heavy atom. The molecule has 0 aromatic heterocycles. The summed E-state index contributed by atoms with van der Waals surface area (Å²) in [5.74, 6) is 2.99. The van der Waals surface area contributed by atoms with Gasteiger partial charge in [0.1, 0.15) is 0 Å². The van der Waals surface area contributed by atoms with Crippen molar-refractivity contribution in [3.63, 3.8) is 0 Å². The van der Waals surface area contributed by atoms with Crippen LogP contribution in [0.1, 0.15) is 32.6 Å². The third-order valence-electron chi connectivity index (χ3n) is 4.10. The van der Waals surface area contributed by atoms with E-state index in [1.165, 1.54) is 38.1 Å². The number of nitrogens with zero attached hydrogens (tertiary/aromatic N) is 1. The van der Waals surface area contributed by atoms with Crippen molar-refractivity contribution in [2.24, 2.45) is 5.92 Å². The minimum absolute atomic E-state index is 0.204. The molecule has 0 saturated carbocycles. The molecule has 4 nitrogen and oxygen atoms in total. The molecule has 0 spiro atoms. The van der Waals surface area contributed by atoms with Gasteiger partial charge in [0.2, 0.25) is 5.91 Å². The molecule has 2 atom stereocenters. The molecule has 2 heterocycles. The van der Waals surface area contributed by atoms with Gasteiger partial charge in [-0.3, -0.25) is 4.79 Å². The van der Waals surface area contributed by atoms with Gasteiger partial charge in [0.15, 0.2) is 0 Å². The lowest BCUT2D eigenvalue weighted by molar-refractivity contribution is -0.121. The largest absolute Gasteiger partial charge is 0.356 e. The van der Waals surface area contributed by atoms with Gasteiger partial charge in [0.05, 0.1) is 0 Å². The molecule has 0 aliphatic carbocycles. The number of carbonyl (C=O) groups excluding carboxylic acids is 1. The monoisotopic (exact) mass is 299 g/mol. The first-order valence-corrected chi connectivity index (χ1v) is 9.19. The standard InChI is InChI=1S/C15H29N3OS/c1-13(11-18-6-3-2-4-7-18)10-17-15(19)9-14-12-20-8-5-16-14/h13-14,16H,2-12H2,1H3,(H,17,19). The minimum Gasteiger partial charge on any atom is -0.356 e. The van der Waals surface area contributed by atoms with E-state index in [1.807, 2.05) is 11.8 Å². The van der Waals surface area contributed by atoms with Gasteiger partial charge in [-0.05, 0) is 31.8 Å². The van der Waals surface area contributed by atoms with E-state index >= 15 is 0 Å². The highest BCUT2D eigenvalue weighted by Gasteiger charge is 2.18. The van der Waals surface area contributed by atoms with Crippen LogP contribution < -0.4 is 10.6 Å². The fraction of sp³-hybridized carbons (Fsp3) is 0.933. The Hall–Kier alpha value is -0.260. The molecular formula is C15H29N3OS. The second-order valence-electron chi connectivity index (χ2n) is 6.20. The third-order valence-corrected chi connectivity index (χ3v) is 5.23. The molecule has 0 aromatic carbocycles. The van der Waals surface area contributed by atoms with Crippen molar-refractivity contribution in [3.8, 4) is 0 Å². The predicted octanol–water partition coefficient (Wildman–Crippen LogP) is 1.32. The van der Waals surface area contributed by atoms with Crippen molar-refractivity contribution in [2.45, 2.75) is 38.6 Å². The molecule has 2 aliphatic rings. The molecule has 2 fully saturated rings. The van der Waals surface area contributed by atoms with Crippen LogP contribution in [0.4, 0.5) is 0 Å². The van der Waals surface area contributed by atoms with E-state index in [1.54, 1.807) is 0 Å². The average Bonchev–Trinajstić information content (AvgIpc) is 2.47. The highest BCUT2D eigenvalue weighted by Crippen LogP contribution is 2.11. The molecule has 2 saturated heterocycles. The first kappa shape index (κ1) is 16.1. The van der Waals surface area contributed by atoms with Gasteiger partial charge in [-0.1, -0.05) is 13.3 Å². The average molecular weight is 299 g/mol. The van der Waals surface area contributed by atoms with E-state index in [-0.39, 0.29) is 5.91 Å². The van der Waals surface area contributed by atoms with Gasteiger partial charge >= 0.3 is 0 Å². The van der Waals surface area contributed by atoms with Crippen LogP contribution in [0.3, 0.4) is 0 Å². The topological polar surface area (TPSA) is 44.4 Å². The van der Waals surface area contributed by atoms with E-state index in [0.717, 1.165) is 25.4 Å². The van der Waals surface area contributed by atoms with Crippen molar-refractivity contribution in [1.29, 1.82) is 0 Å². The second kappa shape index (κ2) is 8.90. The van der Waals surface area contributed by atoms with Crippen molar-refractivity contribution in [1.82, 2.24) is 15.5 Å². The molecule has 116 valence electrons. The lowest BCUT2D eigenvalue weighted by atomic mass is 10.1. The number of hydrogen-bond acceptors (Lipinski definition) is 4. The Labute approximate surface area is 127 Å². The fourth-order valence-electron chi connectivity index (χ4n) is 2.98. The SMILES string of the molecule is CC(CNC(=O)CC1CSCCN1)CN1CCCCC1. The number of piperidine rings is 1. The van der Waals surface area contributed by atoms with Crippen molar-refractivity contribution < 1.29 is 4.79 Å². The minimum atomic E-state index is 0.204. The van der Waals surface area contributed by atoms with E-state index in [9.17, 15) is 4.79 Å². The van der Waals surface area contributed by atoms with Crippen molar-refractivity contribution in [3.05, 3.63) is 0 Å². The van der Waals surface area contributed by atoms with Gasteiger partial charge in [-0.2, -0.15) is 11.8 Å². The molecule has 2 N–H and O–H groups in total. The smallest absolute Gasteiger partial charge is 0.221 e. The third kappa shape index (κ3) is 6.02. The normalized spacial score (nSPS) is 26.1. The molecule has 0 radical (unpaired) electrons. The number of hydrogen-bond donors (Lipinski definition) is 2. The zero-order valence-corrected chi connectivity index (χ0v) is 13.5. The Morgan fingerprint density at radius 1 is 1.40 bits per heavy atom. The maximum Gasteiger partial charge on any atom is 0.221 e. The molecule has 1 amide bonds. The summed E-state index contributed by atoms with van der Waals surface area (Å²) in [5.41, 5.74) is 0. The van der Waals surface area contributed by atoms with Crippen LogP contribution >= 0.6 is 11.8 Å². The summed E-state index contributed by atoms with van der Waals surface area (Å²) < 4.78 is 0. The lowest BCUT2D eigenvalue weighted by Gasteiger charge is -2.29. The second-order valence-corrected chi connectivity index (χ2v) is 7.35.